The lowest BCUT2D eigenvalue weighted by molar-refractivity contribution is -0.419. The first-order valence-corrected chi connectivity index (χ1v) is 3.19. The van der Waals surface area contributed by atoms with E-state index in [1.165, 1.54) is 6.08 Å². The maximum Gasteiger partial charge on any atom is 0.264 e. The molecule has 0 fully saturated rings. The minimum absolute atomic E-state index is 0.0989. The van der Waals surface area contributed by atoms with Crippen molar-refractivity contribution in [1.82, 2.24) is 0 Å². The van der Waals surface area contributed by atoms with Crippen molar-refractivity contribution in [2.45, 2.75) is 19.8 Å². The van der Waals surface area contributed by atoms with Gasteiger partial charge in [0.1, 0.15) is 0 Å². The van der Waals surface area contributed by atoms with Crippen LogP contribution in [0.5, 0.6) is 0 Å². The number of rotatable bonds is 4. The van der Waals surface area contributed by atoms with Gasteiger partial charge in [-0.3, -0.25) is 10.1 Å². The molecule has 0 aromatic rings. The molecule has 0 bridgehead atoms. The Morgan fingerprint density at radius 3 is 2.70 bits per heavy atom. The Balaban J connectivity index is 4.04. The summed E-state index contributed by atoms with van der Waals surface area (Å²) < 4.78 is 0. The first-order valence-electron chi connectivity index (χ1n) is 3.19. The summed E-state index contributed by atoms with van der Waals surface area (Å²) in [5.74, 6) is 0. The normalized spacial score (nSPS) is 11.1. The van der Waals surface area contributed by atoms with E-state index in [1.54, 1.807) is 6.08 Å². The van der Waals surface area contributed by atoms with Gasteiger partial charge in [-0.2, -0.15) is 0 Å². The SMILES string of the molecule is C=C/C(=C\CCC)[N+](=O)[O-]. The minimum atomic E-state index is -0.428. The molecule has 56 valence electrons. The predicted molar refractivity (Wildman–Crippen MR) is 40.2 cm³/mol. The van der Waals surface area contributed by atoms with Gasteiger partial charge in [-0.05, 0) is 12.5 Å². The standard InChI is InChI=1S/C7H11NO2/c1-3-5-6-7(4-2)8(9)10/h4,6H,2-3,5H2,1H3/b7-6+. The van der Waals surface area contributed by atoms with E-state index in [2.05, 4.69) is 6.58 Å². The van der Waals surface area contributed by atoms with Gasteiger partial charge in [0, 0.05) is 6.08 Å². The van der Waals surface area contributed by atoms with Crippen LogP contribution in [0, 0.1) is 10.1 Å². The molecular formula is C7H11NO2. The van der Waals surface area contributed by atoms with Gasteiger partial charge in [0.2, 0.25) is 0 Å². The fourth-order valence-corrected chi connectivity index (χ4v) is 0.525. The molecule has 0 saturated heterocycles. The average molecular weight is 141 g/mol. The van der Waals surface area contributed by atoms with Crippen LogP contribution < -0.4 is 0 Å². The number of allylic oxidation sites excluding steroid dienone is 2. The van der Waals surface area contributed by atoms with E-state index < -0.39 is 4.92 Å². The Kier molecular flexibility index (Phi) is 4.20. The molecule has 0 aromatic carbocycles. The Morgan fingerprint density at radius 1 is 1.80 bits per heavy atom. The molecule has 0 unspecified atom stereocenters. The molecule has 0 aliphatic carbocycles. The fraction of sp³-hybridized carbons (Fsp3) is 0.429. The molecule has 3 heteroatoms. The molecule has 0 radical (unpaired) electrons. The lowest BCUT2D eigenvalue weighted by atomic mass is 10.3. The lowest BCUT2D eigenvalue weighted by Gasteiger charge is -1.88. The highest BCUT2D eigenvalue weighted by Crippen LogP contribution is 1.99. The summed E-state index contributed by atoms with van der Waals surface area (Å²) in [6.45, 7) is 5.29. The van der Waals surface area contributed by atoms with Gasteiger partial charge in [0.05, 0.1) is 4.92 Å². The number of unbranched alkanes of at least 4 members (excludes halogenated alkanes) is 1. The van der Waals surface area contributed by atoms with Crippen molar-refractivity contribution in [3.8, 4) is 0 Å². The van der Waals surface area contributed by atoms with Crippen LogP contribution in [0.25, 0.3) is 0 Å². The van der Waals surface area contributed by atoms with E-state index in [-0.39, 0.29) is 5.70 Å². The largest absolute Gasteiger partial charge is 0.264 e. The third kappa shape index (κ3) is 3.02. The second-order valence-corrected chi connectivity index (χ2v) is 1.88. The molecule has 3 nitrogen and oxygen atoms in total. The Bertz CT molecular complexity index is 161. The fourth-order valence-electron chi connectivity index (χ4n) is 0.525. The third-order valence-electron chi connectivity index (χ3n) is 1.06. The zero-order chi connectivity index (χ0) is 7.98. The van der Waals surface area contributed by atoms with Crippen LogP contribution in [-0.2, 0) is 0 Å². The van der Waals surface area contributed by atoms with Crippen LogP contribution in [0.3, 0.4) is 0 Å². The van der Waals surface area contributed by atoms with Gasteiger partial charge >= 0.3 is 0 Å². The molecule has 0 amide bonds. The van der Waals surface area contributed by atoms with Crippen LogP contribution in [0.2, 0.25) is 0 Å². The first kappa shape index (κ1) is 8.88. The summed E-state index contributed by atoms with van der Waals surface area (Å²) >= 11 is 0. The molecule has 0 aliphatic rings. The summed E-state index contributed by atoms with van der Waals surface area (Å²) in [6.07, 6.45) is 4.50. The summed E-state index contributed by atoms with van der Waals surface area (Å²) in [6, 6.07) is 0. The van der Waals surface area contributed by atoms with Gasteiger partial charge in [-0.25, -0.2) is 0 Å². The van der Waals surface area contributed by atoms with Crippen molar-refractivity contribution in [3.05, 3.63) is 34.5 Å². The average Bonchev–Trinajstić information content (AvgIpc) is 1.89. The van der Waals surface area contributed by atoms with Gasteiger partial charge in [0.25, 0.3) is 5.70 Å². The summed E-state index contributed by atoms with van der Waals surface area (Å²) in [7, 11) is 0. The van der Waals surface area contributed by atoms with Crippen molar-refractivity contribution in [3.63, 3.8) is 0 Å². The molecule has 0 atom stereocenters. The van der Waals surface area contributed by atoms with Crippen molar-refractivity contribution >= 4 is 0 Å². The smallest absolute Gasteiger partial charge is 0.258 e. The molecule has 0 saturated carbocycles. The number of hydrogen-bond donors (Lipinski definition) is 0. The van der Waals surface area contributed by atoms with Crippen LogP contribution in [0.1, 0.15) is 19.8 Å². The van der Waals surface area contributed by atoms with E-state index in [1.807, 2.05) is 6.92 Å². The van der Waals surface area contributed by atoms with E-state index in [4.69, 9.17) is 0 Å². The molecule has 0 heterocycles. The maximum atomic E-state index is 10.1. The molecule has 0 spiro atoms. The zero-order valence-corrected chi connectivity index (χ0v) is 6.04. The molecule has 0 rings (SSSR count). The highest BCUT2D eigenvalue weighted by Gasteiger charge is 2.01. The van der Waals surface area contributed by atoms with Crippen molar-refractivity contribution in [2.24, 2.45) is 0 Å². The van der Waals surface area contributed by atoms with Gasteiger partial charge in [0.15, 0.2) is 0 Å². The molecule has 0 N–H and O–H groups in total. The monoisotopic (exact) mass is 141 g/mol. The van der Waals surface area contributed by atoms with Crippen LogP contribution >= 0.6 is 0 Å². The second-order valence-electron chi connectivity index (χ2n) is 1.88. The quantitative estimate of drug-likeness (QED) is 0.342. The Labute approximate surface area is 60.2 Å². The highest BCUT2D eigenvalue weighted by atomic mass is 16.6. The van der Waals surface area contributed by atoms with Gasteiger partial charge < -0.3 is 0 Å². The summed E-state index contributed by atoms with van der Waals surface area (Å²) in [5, 5.41) is 10.1. The lowest BCUT2D eigenvalue weighted by Crippen LogP contribution is -1.94. The second kappa shape index (κ2) is 4.73. The Morgan fingerprint density at radius 2 is 2.40 bits per heavy atom. The molecule has 0 aromatic heterocycles. The number of hydrogen-bond acceptors (Lipinski definition) is 2. The van der Waals surface area contributed by atoms with Gasteiger partial charge in [-0.15, -0.1) is 0 Å². The van der Waals surface area contributed by atoms with Crippen molar-refractivity contribution in [1.29, 1.82) is 0 Å². The van der Waals surface area contributed by atoms with E-state index >= 15 is 0 Å². The maximum absolute atomic E-state index is 10.1. The van der Waals surface area contributed by atoms with Crippen LogP contribution in [0.4, 0.5) is 0 Å². The predicted octanol–water partition coefficient (Wildman–Crippen LogP) is 2.13. The van der Waals surface area contributed by atoms with Crippen molar-refractivity contribution in [2.75, 3.05) is 0 Å². The van der Waals surface area contributed by atoms with E-state index in [0.29, 0.717) is 0 Å². The van der Waals surface area contributed by atoms with E-state index in [9.17, 15) is 10.1 Å². The molecule has 0 aliphatic heterocycles. The number of nitro groups is 1. The summed E-state index contributed by atoms with van der Waals surface area (Å²) in [5.41, 5.74) is 0.0989. The minimum Gasteiger partial charge on any atom is -0.258 e. The van der Waals surface area contributed by atoms with Crippen LogP contribution in [-0.4, -0.2) is 4.92 Å². The molecule has 10 heavy (non-hydrogen) atoms. The van der Waals surface area contributed by atoms with Crippen LogP contribution in [0.15, 0.2) is 24.4 Å². The van der Waals surface area contributed by atoms with E-state index in [0.717, 1.165) is 12.8 Å². The Hall–Kier alpha value is -1.12. The van der Waals surface area contributed by atoms with Crippen molar-refractivity contribution < 1.29 is 4.92 Å². The molecular weight excluding hydrogens is 130 g/mol. The zero-order valence-electron chi connectivity index (χ0n) is 6.04. The topological polar surface area (TPSA) is 43.1 Å². The highest BCUT2D eigenvalue weighted by molar-refractivity contribution is 5.06. The van der Waals surface area contributed by atoms with Gasteiger partial charge in [-0.1, -0.05) is 19.9 Å². The summed E-state index contributed by atoms with van der Waals surface area (Å²) in [4.78, 5) is 9.67. The first-order chi connectivity index (χ1) is 4.72. The third-order valence-corrected chi connectivity index (χ3v) is 1.06. The number of nitrogens with zero attached hydrogens (tertiary/aromatic N) is 1.